The predicted molar refractivity (Wildman–Crippen MR) is 148 cm³/mol. The van der Waals surface area contributed by atoms with Gasteiger partial charge in [-0.05, 0) is 48.1 Å². The Morgan fingerprint density at radius 2 is 1.58 bits per heavy atom. The molecule has 2 aliphatic heterocycles. The van der Waals surface area contributed by atoms with Crippen LogP contribution >= 0.6 is 11.6 Å². The van der Waals surface area contributed by atoms with E-state index in [1.54, 1.807) is 22.9 Å². The van der Waals surface area contributed by atoms with Crippen molar-refractivity contribution in [3.05, 3.63) is 101 Å². The van der Waals surface area contributed by atoms with Crippen molar-refractivity contribution < 1.29 is 14.0 Å². The van der Waals surface area contributed by atoms with Crippen molar-refractivity contribution >= 4 is 29.2 Å². The molecule has 198 valence electrons. The quantitative estimate of drug-likeness (QED) is 0.438. The fourth-order valence-electron chi connectivity index (χ4n) is 5.63. The summed E-state index contributed by atoms with van der Waals surface area (Å²) in [6.45, 7) is 3.78. The van der Waals surface area contributed by atoms with Gasteiger partial charge in [0.1, 0.15) is 5.82 Å². The molecule has 3 aromatic carbocycles. The van der Waals surface area contributed by atoms with Crippen LogP contribution in [0, 0.1) is 17.7 Å². The Labute approximate surface area is 228 Å². The van der Waals surface area contributed by atoms with Crippen LogP contribution in [0.3, 0.4) is 0 Å². The Hall–Kier alpha value is -3.42. The van der Waals surface area contributed by atoms with Gasteiger partial charge in [-0.2, -0.15) is 0 Å². The molecular formula is C30H32ClFN4O2. The van der Waals surface area contributed by atoms with Gasteiger partial charge in [0.15, 0.2) is 0 Å². The molecule has 3 unspecified atom stereocenters. The van der Waals surface area contributed by atoms with Crippen LogP contribution in [0.25, 0.3) is 0 Å². The fraction of sp³-hybridized carbons (Fsp3) is 0.333. The lowest BCUT2D eigenvalue weighted by molar-refractivity contribution is 0.0769. The van der Waals surface area contributed by atoms with E-state index in [1.807, 2.05) is 60.7 Å². The molecule has 0 bridgehead atoms. The molecule has 0 radical (unpaired) electrons. The predicted octanol–water partition coefficient (Wildman–Crippen LogP) is 5.46. The van der Waals surface area contributed by atoms with Gasteiger partial charge in [-0.1, -0.05) is 66.2 Å². The molecule has 1 N–H and O–H groups in total. The van der Waals surface area contributed by atoms with Gasteiger partial charge in [0.05, 0.1) is 16.6 Å². The van der Waals surface area contributed by atoms with E-state index < -0.39 is 5.82 Å². The first-order chi connectivity index (χ1) is 18.4. The average molecular weight is 535 g/mol. The van der Waals surface area contributed by atoms with Gasteiger partial charge >= 0.3 is 6.03 Å². The first-order valence-electron chi connectivity index (χ1n) is 13.0. The Morgan fingerprint density at radius 1 is 0.947 bits per heavy atom. The van der Waals surface area contributed by atoms with Crippen molar-refractivity contribution in [2.45, 2.75) is 12.5 Å². The number of nitrogens with zero attached hydrogens (tertiary/aromatic N) is 3. The number of anilines is 1. The number of amides is 3. The average Bonchev–Trinajstić information content (AvgIpc) is 3.50. The molecule has 0 saturated carbocycles. The topological polar surface area (TPSA) is 55.9 Å². The Kier molecular flexibility index (Phi) is 7.95. The van der Waals surface area contributed by atoms with Crippen molar-refractivity contribution in [1.82, 2.24) is 15.1 Å². The number of urea groups is 1. The lowest BCUT2D eigenvalue weighted by Crippen LogP contribution is -2.40. The van der Waals surface area contributed by atoms with Crippen molar-refractivity contribution in [2.24, 2.45) is 11.8 Å². The zero-order valence-corrected chi connectivity index (χ0v) is 22.2. The lowest BCUT2D eigenvalue weighted by atomic mass is 10.0. The minimum atomic E-state index is -0.576. The van der Waals surface area contributed by atoms with E-state index >= 15 is 0 Å². The first kappa shape index (κ1) is 26.2. The molecule has 8 heteroatoms. The summed E-state index contributed by atoms with van der Waals surface area (Å²) in [7, 11) is 1.77. The molecule has 0 aromatic heterocycles. The number of hydrogen-bond acceptors (Lipinski definition) is 3. The summed E-state index contributed by atoms with van der Waals surface area (Å²) >= 11 is 6.13. The molecule has 3 atom stereocenters. The standard InChI is InChI=1S/C30H32ClFN4O2/c1-34(24-11-6-3-7-12-24)30(38)33-27(21-9-4-2-5-10-21)15-16-35-17-22-19-36(20-23(22)18-35)29(37)28-25(31)13-8-14-26(28)32/h2-14,22-23,27H,15-20H2,1H3,(H,33,38). The molecule has 6 nitrogen and oxygen atoms in total. The molecular weight excluding hydrogens is 503 g/mol. The third-order valence-electron chi connectivity index (χ3n) is 7.71. The van der Waals surface area contributed by atoms with E-state index in [-0.39, 0.29) is 28.6 Å². The highest BCUT2D eigenvalue weighted by Gasteiger charge is 2.42. The highest BCUT2D eigenvalue weighted by atomic mass is 35.5. The molecule has 2 aliphatic rings. The van der Waals surface area contributed by atoms with Crippen molar-refractivity contribution in [3.8, 4) is 0 Å². The molecule has 0 spiro atoms. The summed E-state index contributed by atoms with van der Waals surface area (Å²) in [5.41, 5.74) is 1.87. The third kappa shape index (κ3) is 5.69. The van der Waals surface area contributed by atoms with Crippen LogP contribution in [-0.4, -0.2) is 61.5 Å². The van der Waals surface area contributed by atoms with Gasteiger partial charge in [0, 0.05) is 45.5 Å². The molecule has 3 amide bonds. The van der Waals surface area contributed by atoms with E-state index in [2.05, 4.69) is 10.2 Å². The summed E-state index contributed by atoms with van der Waals surface area (Å²) in [5.74, 6) is -0.214. The van der Waals surface area contributed by atoms with Gasteiger partial charge in [-0.25, -0.2) is 9.18 Å². The molecule has 3 aromatic rings. The van der Waals surface area contributed by atoms with Crippen molar-refractivity contribution in [1.29, 1.82) is 0 Å². The highest BCUT2D eigenvalue weighted by molar-refractivity contribution is 6.33. The smallest absolute Gasteiger partial charge is 0.322 e. The number of fused-ring (bicyclic) bond motifs is 1. The van der Waals surface area contributed by atoms with Crippen LogP contribution in [0.5, 0.6) is 0 Å². The van der Waals surface area contributed by atoms with E-state index in [4.69, 9.17) is 11.6 Å². The van der Waals surface area contributed by atoms with Gasteiger partial charge in [-0.3, -0.25) is 9.69 Å². The van der Waals surface area contributed by atoms with Gasteiger partial charge in [-0.15, -0.1) is 0 Å². The van der Waals surface area contributed by atoms with E-state index in [1.165, 1.54) is 12.1 Å². The summed E-state index contributed by atoms with van der Waals surface area (Å²) < 4.78 is 14.3. The monoisotopic (exact) mass is 534 g/mol. The van der Waals surface area contributed by atoms with E-state index in [9.17, 15) is 14.0 Å². The molecule has 38 heavy (non-hydrogen) atoms. The third-order valence-corrected chi connectivity index (χ3v) is 8.02. The molecule has 0 aliphatic carbocycles. The summed E-state index contributed by atoms with van der Waals surface area (Å²) in [6, 6.07) is 23.7. The summed E-state index contributed by atoms with van der Waals surface area (Å²) in [6.07, 6.45) is 0.769. The second-order valence-corrected chi connectivity index (χ2v) is 10.6. The number of para-hydroxylation sites is 1. The first-order valence-corrected chi connectivity index (χ1v) is 13.4. The second-order valence-electron chi connectivity index (χ2n) is 10.2. The SMILES string of the molecule is CN(C(=O)NC(CCN1CC2CN(C(=O)c3c(F)cccc3Cl)CC2C1)c1ccccc1)c1ccccc1. The number of carbonyl (C=O) groups excluding carboxylic acids is 2. The van der Waals surface area contributed by atoms with Gasteiger partial charge in [0.2, 0.25) is 0 Å². The van der Waals surface area contributed by atoms with Gasteiger partial charge in [0.25, 0.3) is 5.91 Å². The maximum atomic E-state index is 14.3. The van der Waals surface area contributed by atoms with E-state index in [0.29, 0.717) is 24.9 Å². The zero-order valence-electron chi connectivity index (χ0n) is 21.4. The van der Waals surface area contributed by atoms with Crippen molar-refractivity contribution in [2.75, 3.05) is 44.7 Å². The van der Waals surface area contributed by atoms with Crippen LogP contribution < -0.4 is 10.2 Å². The number of benzene rings is 3. The summed E-state index contributed by atoms with van der Waals surface area (Å²) in [5, 5.41) is 3.37. The number of likely N-dealkylation sites (tertiary alicyclic amines) is 2. The van der Waals surface area contributed by atoms with Crippen LogP contribution in [0.1, 0.15) is 28.4 Å². The Balaban J connectivity index is 1.18. The van der Waals surface area contributed by atoms with E-state index in [0.717, 1.165) is 37.3 Å². The van der Waals surface area contributed by atoms with Crippen molar-refractivity contribution in [3.63, 3.8) is 0 Å². The zero-order chi connectivity index (χ0) is 26.6. The number of carbonyl (C=O) groups is 2. The lowest BCUT2D eigenvalue weighted by Gasteiger charge is -2.27. The molecule has 2 saturated heterocycles. The Bertz CT molecular complexity index is 1240. The second kappa shape index (κ2) is 11.5. The molecule has 2 heterocycles. The maximum absolute atomic E-state index is 14.3. The van der Waals surface area contributed by atoms with Crippen LogP contribution in [0.2, 0.25) is 5.02 Å². The minimum Gasteiger partial charge on any atom is -0.338 e. The number of halogens is 2. The van der Waals surface area contributed by atoms with Crippen LogP contribution in [0.15, 0.2) is 78.9 Å². The van der Waals surface area contributed by atoms with Crippen LogP contribution in [0.4, 0.5) is 14.9 Å². The molecule has 2 fully saturated rings. The number of hydrogen-bond donors (Lipinski definition) is 1. The maximum Gasteiger partial charge on any atom is 0.322 e. The normalized spacial score (nSPS) is 19.7. The summed E-state index contributed by atoms with van der Waals surface area (Å²) in [4.78, 5) is 31.8. The molecule has 5 rings (SSSR count). The minimum absolute atomic E-state index is 0.0343. The highest BCUT2D eigenvalue weighted by Crippen LogP contribution is 2.34. The Morgan fingerprint density at radius 3 is 2.21 bits per heavy atom. The largest absolute Gasteiger partial charge is 0.338 e. The van der Waals surface area contributed by atoms with Gasteiger partial charge < -0.3 is 15.1 Å². The van der Waals surface area contributed by atoms with Crippen LogP contribution in [-0.2, 0) is 0 Å². The number of rotatable bonds is 7. The number of nitrogens with one attached hydrogen (secondary N) is 1. The fourth-order valence-corrected chi connectivity index (χ4v) is 5.88.